The normalized spacial score (nSPS) is 12.1. The molecule has 0 fully saturated rings. The Labute approximate surface area is 281 Å². The summed E-state index contributed by atoms with van der Waals surface area (Å²) in [4.78, 5) is 0. The highest BCUT2D eigenvalue weighted by molar-refractivity contribution is 6.18. The highest BCUT2D eigenvalue weighted by atomic mass is 16.3. The maximum absolute atomic E-state index is 6.47. The van der Waals surface area contributed by atoms with Crippen LogP contribution in [0.1, 0.15) is 0 Å². The van der Waals surface area contributed by atoms with Crippen LogP contribution in [0.5, 0.6) is 0 Å². The van der Waals surface area contributed by atoms with Crippen molar-refractivity contribution in [3.05, 3.63) is 170 Å². The Morgan fingerprint density at radius 1 is 0.367 bits per heavy atom. The topological polar surface area (TPSA) is 23.0 Å². The van der Waals surface area contributed by atoms with Crippen molar-refractivity contribution in [3.8, 4) is 22.5 Å². The number of benzene rings is 8. The van der Waals surface area contributed by atoms with E-state index >= 15 is 0 Å². The van der Waals surface area contributed by atoms with E-state index in [0.717, 1.165) is 33.0 Å². The molecule has 228 valence electrons. The number of aromatic nitrogens is 2. The summed E-state index contributed by atoms with van der Waals surface area (Å²) >= 11 is 0. The highest BCUT2D eigenvalue weighted by Gasteiger charge is 2.19. The van der Waals surface area contributed by atoms with Crippen LogP contribution in [-0.4, -0.2) is 9.13 Å². The summed E-state index contributed by atoms with van der Waals surface area (Å²) in [5.41, 5.74) is 11.4. The van der Waals surface area contributed by atoms with Gasteiger partial charge in [0.2, 0.25) is 0 Å². The Morgan fingerprint density at radius 2 is 1.06 bits per heavy atom. The number of furan rings is 1. The molecule has 49 heavy (non-hydrogen) atoms. The van der Waals surface area contributed by atoms with Crippen molar-refractivity contribution in [2.45, 2.75) is 0 Å². The summed E-state index contributed by atoms with van der Waals surface area (Å²) in [6.45, 7) is 0. The zero-order chi connectivity index (χ0) is 32.1. The van der Waals surface area contributed by atoms with Crippen molar-refractivity contribution >= 4 is 76.3 Å². The molecule has 0 aliphatic heterocycles. The lowest BCUT2D eigenvalue weighted by atomic mass is 9.98. The first-order chi connectivity index (χ1) is 24.3. The van der Waals surface area contributed by atoms with E-state index in [1.807, 2.05) is 0 Å². The minimum Gasteiger partial charge on any atom is -0.455 e. The van der Waals surface area contributed by atoms with E-state index in [-0.39, 0.29) is 0 Å². The Hall–Kier alpha value is -6.58. The molecule has 11 rings (SSSR count). The van der Waals surface area contributed by atoms with Crippen molar-refractivity contribution < 1.29 is 4.42 Å². The second-order valence-corrected chi connectivity index (χ2v) is 12.9. The van der Waals surface area contributed by atoms with Crippen molar-refractivity contribution in [1.82, 2.24) is 9.13 Å². The van der Waals surface area contributed by atoms with Crippen molar-refractivity contribution in [3.63, 3.8) is 0 Å². The van der Waals surface area contributed by atoms with Gasteiger partial charge in [0.25, 0.3) is 0 Å². The molecule has 0 aliphatic rings. The lowest BCUT2D eigenvalue weighted by Gasteiger charge is -2.10. The molecule has 0 spiro atoms. The lowest BCUT2D eigenvalue weighted by Crippen LogP contribution is -1.93. The second kappa shape index (κ2) is 9.96. The van der Waals surface area contributed by atoms with Gasteiger partial charge in [0.1, 0.15) is 11.2 Å². The van der Waals surface area contributed by atoms with E-state index in [9.17, 15) is 0 Å². The number of rotatable bonds is 3. The maximum atomic E-state index is 6.47. The van der Waals surface area contributed by atoms with Gasteiger partial charge >= 0.3 is 0 Å². The molecule has 0 bridgehead atoms. The molecule has 0 aliphatic carbocycles. The third-order valence-corrected chi connectivity index (χ3v) is 10.3. The van der Waals surface area contributed by atoms with E-state index in [1.165, 1.54) is 65.8 Å². The van der Waals surface area contributed by atoms with Gasteiger partial charge in [-0.1, -0.05) is 103 Å². The van der Waals surface area contributed by atoms with Gasteiger partial charge in [-0.15, -0.1) is 0 Å². The standard InChI is InChI=1S/C46H28N2O/c1-2-12-31(13-3-1)47-40-18-8-6-15-35(40)38-27-30(22-25-42(38)47)33-17-10-20-43-45(33)37-16-7-9-19-41(37)48(43)32-23-26-44-39(28-32)36-24-21-29-11-4-5-14-34(29)46(36)49-44/h1-28H. The molecular formula is C46H28N2O. The quantitative estimate of drug-likeness (QED) is 0.192. The highest BCUT2D eigenvalue weighted by Crippen LogP contribution is 2.42. The molecule has 3 aromatic heterocycles. The van der Waals surface area contributed by atoms with Gasteiger partial charge in [0.15, 0.2) is 0 Å². The summed E-state index contributed by atoms with van der Waals surface area (Å²) in [6, 6.07) is 61.3. The van der Waals surface area contributed by atoms with Crippen LogP contribution in [0.3, 0.4) is 0 Å². The minimum absolute atomic E-state index is 0.902. The van der Waals surface area contributed by atoms with Crippen molar-refractivity contribution in [2.24, 2.45) is 0 Å². The van der Waals surface area contributed by atoms with Gasteiger partial charge in [-0.2, -0.15) is 0 Å². The predicted molar refractivity (Wildman–Crippen MR) is 205 cm³/mol. The molecule has 0 N–H and O–H groups in total. The van der Waals surface area contributed by atoms with Crippen LogP contribution in [0.25, 0.3) is 98.8 Å². The first-order valence-electron chi connectivity index (χ1n) is 16.8. The summed E-state index contributed by atoms with van der Waals surface area (Å²) in [7, 11) is 0. The molecule has 8 aromatic carbocycles. The van der Waals surface area contributed by atoms with Crippen LogP contribution in [0.2, 0.25) is 0 Å². The first kappa shape index (κ1) is 26.5. The fourth-order valence-corrected chi connectivity index (χ4v) is 8.17. The number of nitrogens with zero attached hydrogens (tertiary/aromatic N) is 2. The Kier molecular flexibility index (Phi) is 5.38. The van der Waals surface area contributed by atoms with E-state index < -0.39 is 0 Å². The van der Waals surface area contributed by atoms with Gasteiger partial charge in [-0.3, -0.25) is 0 Å². The molecule has 0 unspecified atom stereocenters. The van der Waals surface area contributed by atoms with Crippen LogP contribution < -0.4 is 0 Å². The molecule has 11 aromatic rings. The molecule has 3 heteroatoms. The third kappa shape index (κ3) is 3.73. The van der Waals surface area contributed by atoms with E-state index in [4.69, 9.17) is 4.42 Å². The van der Waals surface area contributed by atoms with Gasteiger partial charge in [0, 0.05) is 49.1 Å². The molecule has 0 saturated heterocycles. The minimum atomic E-state index is 0.902. The summed E-state index contributed by atoms with van der Waals surface area (Å²) in [6.07, 6.45) is 0. The fourth-order valence-electron chi connectivity index (χ4n) is 8.17. The smallest absolute Gasteiger partial charge is 0.143 e. The number of fused-ring (bicyclic) bond motifs is 11. The third-order valence-electron chi connectivity index (χ3n) is 10.3. The summed E-state index contributed by atoms with van der Waals surface area (Å²) < 4.78 is 11.3. The Morgan fingerprint density at radius 3 is 1.94 bits per heavy atom. The van der Waals surface area contributed by atoms with Crippen molar-refractivity contribution in [2.75, 3.05) is 0 Å². The molecule has 3 nitrogen and oxygen atoms in total. The van der Waals surface area contributed by atoms with Crippen LogP contribution in [-0.2, 0) is 0 Å². The SMILES string of the molecule is c1ccc(-n2c3ccccc3c3cc(-c4cccc5c4c4ccccc4n5-c4ccc5oc6c7ccccc7ccc6c5c4)ccc32)cc1. The van der Waals surface area contributed by atoms with Gasteiger partial charge in [-0.05, 0) is 83.2 Å². The fraction of sp³-hybridized carbons (Fsp3) is 0. The average Bonchev–Trinajstić information content (AvgIpc) is 3.82. The van der Waals surface area contributed by atoms with Gasteiger partial charge in [-0.25, -0.2) is 0 Å². The monoisotopic (exact) mass is 624 g/mol. The predicted octanol–water partition coefficient (Wildman–Crippen LogP) is 12.6. The largest absolute Gasteiger partial charge is 0.455 e. The van der Waals surface area contributed by atoms with Crippen LogP contribution in [0.4, 0.5) is 0 Å². The zero-order valence-electron chi connectivity index (χ0n) is 26.5. The second-order valence-electron chi connectivity index (χ2n) is 12.9. The zero-order valence-corrected chi connectivity index (χ0v) is 26.5. The average molecular weight is 625 g/mol. The Balaban J connectivity index is 1.15. The summed E-state index contributed by atoms with van der Waals surface area (Å²) in [5, 5.41) is 9.60. The van der Waals surface area contributed by atoms with Crippen molar-refractivity contribution in [1.29, 1.82) is 0 Å². The maximum Gasteiger partial charge on any atom is 0.143 e. The first-order valence-corrected chi connectivity index (χ1v) is 16.8. The van der Waals surface area contributed by atoms with E-state index in [0.29, 0.717) is 0 Å². The van der Waals surface area contributed by atoms with Crippen LogP contribution in [0.15, 0.2) is 174 Å². The van der Waals surface area contributed by atoms with Crippen LogP contribution in [0, 0.1) is 0 Å². The molecule has 0 radical (unpaired) electrons. The molecule has 3 heterocycles. The molecule has 0 atom stereocenters. The summed E-state index contributed by atoms with van der Waals surface area (Å²) in [5.74, 6) is 0. The van der Waals surface area contributed by atoms with E-state index in [1.54, 1.807) is 0 Å². The number of hydrogen-bond donors (Lipinski definition) is 0. The van der Waals surface area contributed by atoms with E-state index in [2.05, 4.69) is 179 Å². The number of hydrogen-bond acceptors (Lipinski definition) is 1. The lowest BCUT2D eigenvalue weighted by molar-refractivity contribution is 0.672. The Bertz CT molecular complexity index is 3100. The molecular weight excluding hydrogens is 597 g/mol. The van der Waals surface area contributed by atoms with Gasteiger partial charge in [0.05, 0.1) is 22.1 Å². The molecule has 0 amide bonds. The van der Waals surface area contributed by atoms with Crippen LogP contribution >= 0.6 is 0 Å². The molecule has 0 saturated carbocycles. The number of para-hydroxylation sites is 3. The van der Waals surface area contributed by atoms with Gasteiger partial charge < -0.3 is 13.6 Å².